The smallest absolute Gasteiger partial charge is 0.229 e. The first-order valence-corrected chi connectivity index (χ1v) is 7.95. The molecule has 1 aliphatic rings. The van der Waals surface area contributed by atoms with Crippen LogP contribution >= 0.6 is 0 Å². The van der Waals surface area contributed by atoms with E-state index in [0.29, 0.717) is 11.5 Å². The Morgan fingerprint density at radius 3 is 3.04 bits per heavy atom. The number of imidazole rings is 1. The van der Waals surface area contributed by atoms with Gasteiger partial charge in [0.25, 0.3) is 0 Å². The largest absolute Gasteiger partial charge is 0.354 e. The fourth-order valence-corrected chi connectivity index (χ4v) is 3.02. The van der Waals surface area contributed by atoms with Gasteiger partial charge in [0, 0.05) is 24.9 Å². The molecule has 3 aromatic heterocycles. The van der Waals surface area contributed by atoms with E-state index in [1.165, 1.54) is 0 Å². The Hall–Kier alpha value is -2.51. The van der Waals surface area contributed by atoms with E-state index in [1.54, 1.807) is 12.7 Å². The highest BCUT2D eigenvalue weighted by Gasteiger charge is 2.27. The standard InChI is InChI=1S/C15H19N7O/c1-9(2)15-20-12(21-23-15)10-4-3-5-22(6-10)14-11-13(17-7-16-11)18-8-19-14/h7-10H,3-6H2,1-2H3,(H,16,17,18,19)/t10-/m1/s1. The molecule has 8 nitrogen and oxygen atoms in total. The molecule has 1 atom stereocenters. The summed E-state index contributed by atoms with van der Waals surface area (Å²) in [6.45, 7) is 5.89. The van der Waals surface area contributed by atoms with Gasteiger partial charge in [-0.25, -0.2) is 15.0 Å². The molecule has 1 N–H and O–H groups in total. The van der Waals surface area contributed by atoms with Crippen molar-refractivity contribution >= 4 is 17.0 Å². The third kappa shape index (κ3) is 2.54. The lowest BCUT2D eigenvalue weighted by molar-refractivity contribution is 0.354. The molecular formula is C15H19N7O. The average molecular weight is 313 g/mol. The number of fused-ring (bicyclic) bond motifs is 1. The molecule has 0 aliphatic carbocycles. The third-order valence-corrected chi connectivity index (χ3v) is 4.24. The Morgan fingerprint density at radius 2 is 2.22 bits per heavy atom. The van der Waals surface area contributed by atoms with Crippen LogP contribution in [0, 0.1) is 0 Å². The molecule has 8 heteroatoms. The van der Waals surface area contributed by atoms with E-state index in [-0.39, 0.29) is 11.8 Å². The van der Waals surface area contributed by atoms with Crippen LogP contribution < -0.4 is 4.90 Å². The van der Waals surface area contributed by atoms with Crippen molar-refractivity contribution in [3.63, 3.8) is 0 Å². The molecule has 0 radical (unpaired) electrons. The van der Waals surface area contributed by atoms with Gasteiger partial charge in [0.2, 0.25) is 5.89 Å². The summed E-state index contributed by atoms with van der Waals surface area (Å²) in [6, 6.07) is 0. The van der Waals surface area contributed by atoms with E-state index in [2.05, 4.69) is 48.8 Å². The van der Waals surface area contributed by atoms with Gasteiger partial charge in [-0.05, 0) is 12.8 Å². The van der Waals surface area contributed by atoms with E-state index in [9.17, 15) is 0 Å². The minimum atomic E-state index is 0.252. The molecule has 1 aliphatic heterocycles. The van der Waals surface area contributed by atoms with Crippen molar-refractivity contribution in [1.29, 1.82) is 0 Å². The monoisotopic (exact) mass is 313 g/mol. The summed E-state index contributed by atoms with van der Waals surface area (Å²) in [7, 11) is 0. The highest BCUT2D eigenvalue weighted by atomic mass is 16.5. The van der Waals surface area contributed by atoms with Crippen LogP contribution in [0.3, 0.4) is 0 Å². The SMILES string of the molecule is CC(C)c1nc([C@@H]2CCCN(c3ncnc4nc[nH]c34)C2)no1. The van der Waals surface area contributed by atoms with Gasteiger partial charge in [-0.1, -0.05) is 19.0 Å². The predicted octanol–water partition coefficient (Wildman–Crippen LogP) is 2.24. The van der Waals surface area contributed by atoms with Crippen LogP contribution in [-0.2, 0) is 0 Å². The van der Waals surface area contributed by atoms with Crippen molar-refractivity contribution < 1.29 is 4.52 Å². The number of hydrogen-bond donors (Lipinski definition) is 1. The number of anilines is 1. The molecule has 1 fully saturated rings. The minimum absolute atomic E-state index is 0.252. The van der Waals surface area contributed by atoms with Crippen molar-refractivity contribution in [3.05, 3.63) is 24.4 Å². The van der Waals surface area contributed by atoms with Crippen molar-refractivity contribution in [2.75, 3.05) is 18.0 Å². The molecule has 0 bridgehead atoms. The van der Waals surface area contributed by atoms with Gasteiger partial charge >= 0.3 is 0 Å². The first kappa shape index (κ1) is 14.1. The van der Waals surface area contributed by atoms with Crippen LogP contribution in [0.4, 0.5) is 5.82 Å². The molecule has 4 rings (SSSR count). The number of rotatable bonds is 3. The quantitative estimate of drug-likeness (QED) is 0.792. The van der Waals surface area contributed by atoms with Crippen molar-refractivity contribution in [1.82, 2.24) is 30.1 Å². The molecule has 4 heterocycles. The highest BCUT2D eigenvalue weighted by molar-refractivity contribution is 5.82. The Morgan fingerprint density at radius 1 is 1.30 bits per heavy atom. The Kier molecular flexibility index (Phi) is 3.44. The van der Waals surface area contributed by atoms with Gasteiger partial charge in [-0.3, -0.25) is 0 Å². The first-order valence-electron chi connectivity index (χ1n) is 7.95. The second-order valence-electron chi connectivity index (χ2n) is 6.23. The van der Waals surface area contributed by atoms with E-state index in [4.69, 9.17) is 4.52 Å². The lowest BCUT2D eigenvalue weighted by Gasteiger charge is -2.32. The maximum atomic E-state index is 5.36. The van der Waals surface area contributed by atoms with Crippen LogP contribution in [0.5, 0.6) is 0 Å². The molecule has 0 spiro atoms. The zero-order valence-corrected chi connectivity index (χ0v) is 13.2. The third-order valence-electron chi connectivity index (χ3n) is 4.24. The maximum absolute atomic E-state index is 5.36. The number of hydrogen-bond acceptors (Lipinski definition) is 7. The molecule has 0 saturated carbocycles. The van der Waals surface area contributed by atoms with Gasteiger partial charge in [-0.2, -0.15) is 4.98 Å². The summed E-state index contributed by atoms with van der Waals surface area (Å²) < 4.78 is 5.36. The lowest BCUT2D eigenvalue weighted by atomic mass is 9.97. The summed E-state index contributed by atoms with van der Waals surface area (Å²) >= 11 is 0. The Bertz CT molecular complexity index is 809. The number of aromatic amines is 1. The fraction of sp³-hybridized carbons (Fsp3) is 0.533. The van der Waals surface area contributed by atoms with Gasteiger partial charge in [0.05, 0.1) is 6.33 Å². The number of aromatic nitrogens is 6. The van der Waals surface area contributed by atoms with E-state index >= 15 is 0 Å². The topological polar surface area (TPSA) is 96.6 Å². The minimum Gasteiger partial charge on any atom is -0.354 e. The average Bonchev–Trinajstić information content (AvgIpc) is 3.24. The van der Waals surface area contributed by atoms with E-state index < -0.39 is 0 Å². The van der Waals surface area contributed by atoms with Gasteiger partial charge in [0.1, 0.15) is 11.8 Å². The van der Waals surface area contributed by atoms with Gasteiger partial charge in [-0.15, -0.1) is 0 Å². The van der Waals surface area contributed by atoms with Crippen LogP contribution in [-0.4, -0.2) is 43.2 Å². The van der Waals surface area contributed by atoms with Crippen molar-refractivity contribution in [2.45, 2.75) is 38.5 Å². The van der Waals surface area contributed by atoms with Crippen LogP contribution in [0.25, 0.3) is 11.2 Å². The molecular weight excluding hydrogens is 294 g/mol. The number of nitrogens with one attached hydrogen (secondary N) is 1. The Labute approximate surface area is 133 Å². The lowest BCUT2D eigenvalue weighted by Crippen LogP contribution is -2.35. The number of nitrogens with zero attached hydrogens (tertiary/aromatic N) is 6. The fourth-order valence-electron chi connectivity index (χ4n) is 3.02. The van der Waals surface area contributed by atoms with E-state index in [0.717, 1.165) is 43.1 Å². The molecule has 0 unspecified atom stereocenters. The Balaban J connectivity index is 1.60. The second kappa shape index (κ2) is 5.60. The molecule has 3 aromatic rings. The molecule has 120 valence electrons. The second-order valence-corrected chi connectivity index (χ2v) is 6.23. The molecule has 0 amide bonds. The zero-order chi connectivity index (χ0) is 15.8. The summed E-state index contributed by atoms with van der Waals surface area (Å²) in [5, 5.41) is 4.18. The molecule has 0 aromatic carbocycles. The zero-order valence-electron chi connectivity index (χ0n) is 13.2. The number of H-pyrrole nitrogens is 1. The van der Waals surface area contributed by atoms with Gasteiger partial charge < -0.3 is 14.4 Å². The summed E-state index contributed by atoms with van der Waals surface area (Å²) in [6.07, 6.45) is 5.34. The first-order chi connectivity index (χ1) is 11.2. The highest BCUT2D eigenvalue weighted by Crippen LogP contribution is 2.30. The van der Waals surface area contributed by atoms with Crippen molar-refractivity contribution in [2.24, 2.45) is 0 Å². The normalized spacial score (nSPS) is 18.9. The number of piperidine rings is 1. The van der Waals surface area contributed by atoms with Crippen molar-refractivity contribution in [3.8, 4) is 0 Å². The summed E-state index contributed by atoms with van der Waals surface area (Å²) in [4.78, 5) is 22.8. The van der Waals surface area contributed by atoms with Crippen LogP contribution in [0.15, 0.2) is 17.2 Å². The maximum Gasteiger partial charge on any atom is 0.229 e. The predicted molar refractivity (Wildman–Crippen MR) is 84.3 cm³/mol. The van der Waals surface area contributed by atoms with Crippen LogP contribution in [0.2, 0.25) is 0 Å². The van der Waals surface area contributed by atoms with Crippen LogP contribution in [0.1, 0.15) is 50.2 Å². The van der Waals surface area contributed by atoms with E-state index in [1.807, 2.05) is 0 Å². The van der Waals surface area contributed by atoms with Gasteiger partial charge in [0.15, 0.2) is 17.3 Å². The molecule has 1 saturated heterocycles. The molecule has 23 heavy (non-hydrogen) atoms. The summed E-state index contributed by atoms with van der Waals surface area (Å²) in [5.74, 6) is 2.91. The summed E-state index contributed by atoms with van der Waals surface area (Å²) in [5.41, 5.74) is 1.57.